The highest BCUT2D eigenvalue weighted by atomic mass is 15.0. The first-order chi connectivity index (χ1) is 29.2. The van der Waals surface area contributed by atoms with Gasteiger partial charge in [-0.1, -0.05) is 194 Å². The number of aromatic nitrogens is 4. The number of rotatable bonds is 7. The first kappa shape index (κ1) is 34.3. The Balaban J connectivity index is 1.08. The van der Waals surface area contributed by atoms with Gasteiger partial charge in [0.1, 0.15) is 0 Å². The van der Waals surface area contributed by atoms with E-state index in [-0.39, 0.29) is 0 Å². The second-order valence-corrected chi connectivity index (χ2v) is 14.9. The lowest BCUT2D eigenvalue weighted by Crippen LogP contribution is -2.02. The summed E-state index contributed by atoms with van der Waals surface area (Å²) in [5.41, 5.74) is 13.0. The number of benzene rings is 9. The van der Waals surface area contributed by atoms with Crippen LogP contribution in [0.1, 0.15) is 0 Å². The predicted octanol–water partition coefficient (Wildman–Crippen LogP) is 14.1. The SMILES string of the molecule is c1ccc(-c2ccc(-c3nc(-c4ccc(-c5ccc6ccccc6c5)cc4)nc(-c4ccc(-c5ccccc5)c(-n5c6ccccc6c6ccccc65)c4)n3)cc2)cc1. The maximum atomic E-state index is 5.23. The summed E-state index contributed by atoms with van der Waals surface area (Å²) in [6.07, 6.45) is 0. The largest absolute Gasteiger partial charge is 0.309 e. The molecule has 0 radical (unpaired) electrons. The molecule has 2 heterocycles. The molecule has 0 aliphatic heterocycles. The lowest BCUT2D eigenvalue weighted by molar-refractivity contribution is 1.07. The second kappa shape index (κ2) is 14.5. The fraction of sp³-hybridized carbons (Fsp3) is 0. The molecule has 11 rings (SSSR count). The van der Waals surface area contributed by atoms with Gasteiger partial charge in [0.2, 0.25) is 0 Å². The molecular formula is C55H36N4. The van der Waals surface area contributed by atoms with Crippen LogP contribution in [0.15, 0.2) is 218 Å². The van der Waals surface area contributed by atoms with Gasteiger partial charge in [-0.25, -0.2) is 15.0 Å². The molecule has 0 aliphatic rings. The molecule has 11 aromatic rings. The summed E-state index contributed by atoms with van der Waals surface area (Å²) in [6.45, 7) is 0. The van der Waals surface area contributed by atoms with Crippen molar-refractivity contribution < 1.29 is 0 Å². The standard InChI is InChI=1S/C55H36N4/c1-3-13-37(14-4-1)39-23-28-42(29-24-39)53-56-54(43-30-25-40(26-31-43)45-32-27-38-15-7-8-18-44(38)35-45)58-55(57-53)46-33-34-47(41-16-5-2-6-17-41)52(36-46)59-50-21-11-9-19-48(50)49-20-10-12-22-51(49)59/h1-36H. The molecule has 0 aliphatic carbocycles. The summed E-state index contributed by atoms with van der Waals surface area (Å²) in [4.78, 5) is 15.6. The van der Waals surface area contributed by atoms with E-state index in [0.717, 1.165) is 55.7 Å². The number of hydrogen-bond donors (Lipinski definition) is 0. The van der Waals surface area contributed by atoms with Gasteiger partial charge in [0.05, 0.1) is 16.7 Å². The molecule has 0 spiro atoms. The van der Waals surface area contributed by atoms with Crippen molar-refractivity contribution in [3.8, 4) is 73.2 Å². The molecule has 276 valence electrons. The fourth-order valence-corrected chi connectivity index (χ4v) is 8.29. The van der Waals surface area contributed by atoms with Crippen molar-refractivity contribution in [3.63, 3.8) is 0 Å². The number of para-hydroxylation sites is 2. The van der Waals surface area contributed by atoms with Crippen LogP contribution >= 0.6 is 0 Å². The van der Waals surface area contributed by atoms with Crippen molar-refractivity contribution in [1.29, 1.82) is 0 Å². The van der Waals surface area contributed by atoms with Crippen LogP contribution < -0.4 is 0 Å². The third kappa shape index (κ3) is 6.34. The Labute approximate surface area is 342 Å². The van der Waals surface area contributed by atoms with Crippen molar-refractivity contribution in [3.05, 3.63) is 218 Å². The fourth-order valence-electron chi connectivity index (χ4n) is 8.29. The van der Waals surface area contributed by atoms with Crippen molar-refractivity contribution in [2.24, 2.45) is 0 Å². The lowest BCUT2D eigenvalue weighted by atomic mass is 10.00. The summed E-state index contributed by atoms with van der Waals surface area (Å²) in [5, 5.41) is 4.87. The van der Waals surface area contributed by atoms with Gasteiger partial charge >= 0.3 is 0 Å². The number of fused-ring (bicyclic) bond motifs is 4. The maximum Gasteiger partial charge on any atom is 0.164 e. The van der Waals surface area contributed by atoms with Gasteiger partial charge < -0.3 is 4.57 Å². The Morgan fingerprint density at radius 3 is 1.31 bits per heavy atom. The van der Waals surface area contributed by atoms with E-state index in [4.69, 9.17) is 15.0 Å². The third-order valence-electron chi connectivity index (χ3n) is 11.3. The van der Waals surface area contributed by atoms with Gasteiger partial charge in [0.25, 0.3) is 0 Å². The molecule has 59 heavy (non-hydrogen) atoms. The molecule has 0 fully saturated rings. The van der Waals surface area contributed by atoms with E-state index >= 15 is 0 Å². The van der Waals surface area contributed by atoms with Crippen LogP contribution in [0.5, 0.6) is 0 Å². The number of nitrogens with zero attached hydrogens (tertiary/aromatic N) is 4. The molecule has 9 aromatic carbocycles. The highest BCUT2D eigenvalue weighted by molar-refractivity contribution is 6.10. The molecular weight excluding hydrogens is 717 g/mol. The average molecular weight is 753 g/mol. The minimum atomic E-state index is 0.609. The third-order valence-corrected chi connectivity index (χ3v) is 11.3. The van der Waals surface area contributed by atoms with E-state index in [1.54, 1.807) is 0 Å². The van der Waals surface area contributed by atoms with Crippen molar-refractivity contribution in [2.45, 2.75) is 0 Å². The Kier molecular flexibility index (Phi) is 8.45. The second-order valence-electron chi connectivity index (χ2n) is 14.9. The first-order valence-electron chi connectivity index (χ1n) is 19.9. The van der Waals surface area contributed by atoms with Gasteiger partial charge in [-0.05, 0) is 62.9 Å². The van der Waals surface area contributed by atoms with Crippen molar-refractivity contribution in [2.75, 3.05) is 0 Å². The quantitative estimate of drug-likeness (QED) is 0.163. The Bertz CT molecular complexity index is 3240. The first-order valence-corrected chi connectivity index (χ1v) is 19.9. The molecule has 4 heteroatoms. The molecule has 0 atom stereocenters. The molecule has 0 saturated heterocycles. The molecule has 0 N–H and O–H groups in total. The van der Waals surface area contributed by atoms with Gasteiger partial charge in [-0.3, -0.25) is 0 Å². The summed E-state index contributed by atoms with van der Waals surface area (Å²) in [7, 11) is 0. The zero-order valence-corrected chi connectivity index (χ0v) is 32.1. The maximum absolute atomic E-state index is 5.23. The van der Waals surface area contributed by atoms with Gasteiger partial charge in [0.15, 0.2) is 17.5 Å². The van der Waals surface area contributed by atoms with Crippen molar-refractivity contribution >= 4 is 32.6 Å². The minimum absolute atomic E-state index is 0.609. The smallest absolute Gasteiger partial charge is 0.164 e. The van der Waals surface area contributed by atoms with Gasteiger partial charge in [0, 0.05) is 33.0 Å². The van der Waals surface area contributed by atoms with Crippen LogP contribution in [0.25, 0.3) is 106 Å². The summed E-state index contributed by atoms with van der Waals surface area (Å²) < 4.78 is 2.38. The van der Waals surface area contributed by atoms with Crippen LogP contribution in [0, 0.1) is 0 Å². The minimum Gasteiger partial charge on any atom is -0.309 e. The normalized spacial score (nSPS) is 11.4. The Hall–Kier alpha value is -7.95. The summed E-state index contributed by atoms with van der Waals surface area (Å²) in [6, 6.07) is 77.0. The average Bonchev–Trinajstić information content (AvgIpc) is 3.66. The molecule has 0 bridgehead atoms. The monoisotopic (exact) mass is 752 g/mol. The predicted molar refractivity (Wildman–Crippen MR) is 244 cm³/mol. The molecule has 2 aromatic heterocycles. The zero-order chi connectivity index (χ0) is 39.1. The summed E-state index contributed by atoms with van der Waals surface area (Å²) >= 11 is 0. The van der Waals surface area contributed by atoms with Crippen LogP contribution in [-0.2, 0) is 0 Å². The molecule has 4 nitrogen and oxygen atoms in total. The highest BCUT2D eigenvalue weighted by Gasteiger charge is 2.19. The van der Waals surface area contributed by atoms with E-state index in [0.29, 0.717) is 17.5 Å². The molecule has 0 unspecified atom stereocenters. The van der Waals surface area contributed by atoms with E-state index in [2.05, 4.69) is 217 Å². The van der Waals surface area contributed by atoms with Gasteiger partial charge in [-0.2, -0.15) is 0 Å². The van der Waals surface area contributed by atoms with E-state index < -0.39 is 0 Å². The lowest BCUT2D eigenvalue weighted by Gasteiger charge is -2.16. The highest BCUT2D eigenvalue weighted by Crippen LogP contribution is 2.38. The topological polar surface area (TPSA) is 43.6 Å². The van der Waals surface area contributed by atoms with Crippen LogP contribution in [-0.4, -0.2) is 19.5 Å². The zero-order valence-electron chi connectivity index (χ0n) is 32.1. The Morgan fingerprint density at radius 1 is 0.271 bits per heavy atom. The van der Waals surface area contributed by atoms with E-state index in [1.807, 2.05) is 6.07 Å². The Morgan fingerprint density at radius 2 is 0.695 bits per heavy atom. The van der Waals surface area contributed by atoms with Crippen molar-refractivity contribution in [1.82, 2.24) is 19.5 Å². The van der Waals surface area contributed by atoms with Gasteiger partial charge in [-0.15, -0.1) is 0 Å². The number of hydrogen-bond acceptors (Lipinski definition) is 3. The van der Waals surface area contributed by atoms with Crippen LogP contribution in [0.3, 0.4) is 0 Å². The van der Waals surface area contributed by atoms with Crippen LogP contribution in [0.4, 0.5) is 0 Å². The van der Waals surface area contributed by atoms with E-state index in [1.165, 1.54) is 32.7 Å². The molecule has 0 amide bonds. The molecule has 0 saturated carbocycles. The van der Waals surface area contributed by atoms with E-state index in [9.17, 15) is 0 Å². The van der Waals surface area contributed by atoms with Crippen LogP contribution in [0.2, 0.25) is 0 Å². The summed E-state index contributed by atoms with van der Waals surface area (Å²) in [5.74, 6) is 1.85.